The lowest BCUT2D eigenvalue weighted by molar-refractivity contribution is 0.0330. The summed E-state index contributed by atoms with van der Waals surface area (Å²) in [5, 5.41) is 2.44. The van der Waals surface area contributed by atoms with Crippen molar-refractivity contribution in [3.05, 3.63) is 48.0 Å². The molecule has 0 saturated carbocycles. The number of ether oxygens (including phenoxy) is 1. The van der Waals surface area contributed by atoms with E-state index in [2.05, 4.69) is 55.7 Å². The van der Waals surface area contributed by atoms with Gasteiger partial charge in [-0.05, 0) is 22.3 Å². The zero-order valence-electron chi connectivity index (χ0n) is 11.8. The molecule has 0 amide bonds. The number of nitrogens with two attached hydrogens (primary N) is 1. The highest BCUT2D eigenvalue weighted by Gasteiger charge is 2.26. The average Bonchev–Trinajstić information content (AvgIpc) is 2.43. The van der Waals surface area contributed by atoms with Crippen molar-refractivity contribution >= 4 is 10.8 Å². The van der Waals surface area contributed by atoms with Crippen LogP contribution in [0.25, 0.3) is 10.8 Å². The summed E-state index contributed by atoms with van der Waals surface area (Å²) in [4.78, 5) is 0. The van der Waals surface area contributed by atoms with Gasteiger partial charge in [0, 0.05) is 7.11 Å². The third kappa shape index (κ3) is 2.78. The molecule has 3 heteroatoms. The molecular weight excluding hydrogens is 236 g/mol. The Hall–Kier alpha value is -1.42. The molecule has 3 N–H and O–H groups in total. The van der Waals surface area contributed by atoms with Crippen LogP contribution in [0.5, 0.6) is 0 Å². The van der Waals surface area contributed by atoms with Crippen LogP contribution in [0.2, 0.25) is 0 Å². The van der Waals surface area contributed by atoms with E-state index in [0.717, 1.165) is 0 Å². The molecule has 0 saturated heterocycles. The van der Waals surface area contributed by atoms with Gasteiger partial charge in [0.15, 0.2) is 0 Å². The van der Waals surface area contributed by atoms with Crippen molar-refractivity contribution in [2.45, 2.75) is 26.0 Å². The van der Waals surface area contributed by atoms with Crippen LogP contribution in [-0.2, 0) is 4.74 Å². The minimum absolute atomic E-state index is 0.0175. The summed E-state index contributed by atoms with van der Waals surface area (Å²) < 4.78 is 5.63. The van der Waals surface area contributed by atoms with Gasteiger partial charge in [0.2, 0.25) is 0 Å². The molecule has 0 aliphatic carbocycles. The number of hydrogen-bond acceptors (Lipinski definition) is 3. The molecule has 0 fully saturated rings. The van der Waals surface area contributed by atoms with E-state index >= 15 is 0 Å². The molecule has 0 spiro atoms. The Morgan fingerprint density at radius 2 is 1.74 bits per heavy atom. The van der Waals surface area contributed by atoms with Crippen molar-refractivity contribution in [1.82, 2.24) is 5.43 Å². The van der Waals surface area contributed by atoms with Gasteiger partial charge in [0.05, 0.1) is 12.1 Å². The van der Waals surface area contributed by atoms with Gasteiger partial charge >= 0.3 is 0 Å². The molecule has 0 bridgehead atoms. The maximum Gasteiger partial charge on any atom is 0.0801 e. The summed E-state index contributed by atoms with van der Waals surface area (Å²) in [6.45, 7) is 4.28. The molecule has 0 aliphatic heterocycles. The van der Waals surface area contributed by atoms with E-state index < -0.39 is 0 Å². The maximum atomic E-state index is 5.78. The van der Waals surface area contributed by atoms with E-state index in [4.69, 9.17) is 10.6 Å². The first-order valence-corrected chi connectivity index (χ1v) is 6.65. The van der Waals surface area contributed by atoms with E-state index in [-0.39, 0.29) is 12.1 Å². The molecule has 19 heavy (non-hydrogen) atoms. The molecule has 102 valence electrons. The van der Waals surface area contributed by atoms with E-state index in [1.165, 1.54) is 16.3 Å². The van der Waals surface area contributed by atoms with Crippen LogP contribution in [0, 0.1) is 5.92 Å². The minimum atomic E-state index is -0.0175. The van der Waals surface area contributed by atoms with Gasteiger partial charge in [0.25, 0.3) is 0 Å². The van der Waals surface area contributed by atoms with Crippen LogP contribution < -0.4 is 11.3 Å². The summed E-state index contributed by atoms with van der Waals surface area (Å²) in [5.74, 6) is 6.16. The predicted molar refractivity (Wildman–Crippen MR) is 79.6 cm³/mol. The standard InChI is InChI=1S/C16H22N2O/c1-11(2)16(19-3)15(18-17)14-10-6-8-12-7-4-5-9-13(12)14/h4-11,15-16,18H,17H2,1-3H3. The fourth-order valence-electron chi connectivity index (χ4n) is 2.68. The average molecular weight is 258 g/mol. The third-order valence-corrected chi connectivity index (χ3v) is 3.60. The van der Waals surface area contributed by atoms with Crippen LogP contribution in [0.15, 0.2) is 42.5 Å². The summed E-state index contributed by atoms with van der Waals surface area (Å²) in [5.41, 5.74) is 4.10. The zero-order chi connectivity index (χ0) is 13.8. The summed E-state index contributed by atoms with van der Waals surface area (Å²) >= 11 is 0. The monoisotopic (exact) mass is 258 g/mol. The van der Waals surface area contributed by atoms with Crippen molar-refractivity contribution in [3.63, 3.8) is 0 Å². The first kappa shape index (κ1) is 14.0. The van der Waals surface area contributed by atoms with Crippen molar-refractivity contribution in [2.75, 3.05) is 7.11 Å². The second-order valence-electron chi connectivity index (χ2n) is 5.16. The molecular formula is C16H22N2O. The highest BCUT2D eigenvalue weighted by atomic mass is 16.5. The van der Waals surface area contributed by atoms with Gasteiger partial charge < -0.3 is 4.74 Å². The third-order valence-electron chi connectivity index (χ3n) is 3.60. The Morgan fingerprint density at radius 1 is 1.05 bits per heavy atom. The molecule has 2 atom stereocenters. The van der Waals surface area contributed by atoms with Crippen LogP contribution >= 0.6 is 0 Å². The Kier molecular flexibility index (Phi) is 4.53. The Bertz CT molecular complexity index is 534. The van der Waals surface area contributed by atoms with E-state index in [1.807, 2.05) is 6.07 Å². The molecule has 0 aromatic heterocycles. The number of methoxy groups -OCH3 is 1. The molecule has 0 aliphatic rings. The Balaban J connectivity index is 2.51. The lowest BCUT2D eigenvalue weighted by Gasteiger charge is -2.29. The molecule has 2 rings (SSSR count). The molecule has 2 aromatic rings. The van der Waals surface area contributed by atoms with E-state index in [0.29, 0.717) is 5.92 Å². The minimum Gasteiger partial charge on any atom is -0.379 e. The fourth-order valence-corrected chi connectivity index (χ4v) is 2.68. The normalized spacial score (nSPS) is 14.8. The van der Waals surface area contributed by atoms with Crippen molar-refractivity contribution < 1.29 is 4.74 Å². The van der Waals surface area contributed by atoms with Crippen molar-refractivity contribution in [1.29, 1.82) is 0 Å². The van der Waals surface area contributed by atoms with Gasteiger partial charge in [0.1, 0.15) is 0 Å². The van der Waals surface area contributed by atoms with Crippen LogP contribution in [-0.4, -0.2) is 13.2 Å². The quantitative estimate of drug-likeness (QED) is 0.640. The topological polar surface area (TPSA) is 47.3 Å². The molecule has 2 unspecified atom stereocenters. The van der Waals surface area contributed by atoms with Crippen molar-refractivity contribution in [3.8, 4) is 0 Å². The van der Waals surface area contributed by atoms with Gasteiger partial charge in [-0.2, -0.15) is 0 Å². The van der Waals surface area contributed by atoms with Crippen LogP contribution in [0.4, 0.5) is 0 Å². The van der Waals surface area contributed by atoms with Crippen LogP contribution in [0.1, 0.15) is 25.5 Å². The van der Waals surface area contributed by atoms with Crippen molar-refractivity contribution in [2.24, 2.45) is 11.8 Å². The van der Waals surface area contributed by atoms with Gasteiger partial charge in [-0.25, -0.2) is 0 Å². The smallest absolute Gasteiger partial charge is 0.0801 e. The fraction of sp³-hybridized carbons (Fsp3) is 0.375. The lowest BCUT2D eigenvalue weighted by Crippen LogP contribution is -2.40. The number of hydrogen-bond donors (Lipinski definition) is 2. The number of hydrazine groups is 1. The summed E-state index contributed by atoms with van der Waals surface area (Å²) in [7, 11) is 1.74. The summed E-state index contributed by atoms with van der Waals surface area (Å²) in [6.07, 6.45) is 0.0378. The molecule has 0 radical (unpaired) electrons. The zero-order valence-corrected chi connectivity index (χ0v) is 11.8. The SMILES string of the molecule is COC(C(C)C)C(NN)c1cccc2ccccc12. The number of fused-ring (bicyclic) bond motifs is 1. The number of nitrogens with one attached hydrogen (secondary N) is 1. The molecule has 0 heterocycles. The van der Waals surface area contributed by atoms with Gasteiger partial charge in [-0.15, -0.1) is 0 Å². The molecule has 3 nitrogen and oxygen atoms in total. The first-order valence-electron chi connectivity index (χ1n) is 6.65. The van der Waals surface area contributed by atoms with E-state index in [1.54, 1.807) is 7.11 Å². The maximum absolute atomic E-state index is 5.78. The van der Waals surface area contributed by atoms with Crippen LogP contribution in [0.3, 0.4) is 0 Å². The Morgan fingerprint density at radius 3 is 2.37 bits per heavy atom. The highest BCUT2D eigenvalue weighted by molar-refractivity contribution is 5.86. The highest BCUT2D eigenvalue weighted by Crippen LogP contribution is 2.29. The van der Waals surface area contributed by atoms with E-state index in [9.17, 15) is 0 Å². The lowest BCUT2D eigenvalue weighted by atomic mass is 9.90. The second-order valence-corrected chi connectivity index (χ2v) is 5.16. The number of benzene rings is 2. The summed E-state index contributed by atoms with van der Waals surface area (Å²) in [6, 6.07) is 14.6. The largest absolute Gasteiger partial charge is 0.379 e. The molecule has 2 aromatic carbocycles. The second kappa shape index (κ2) is 6.15. The van der Waals surface area contributed by atoms with Gasteiger partial charge in [-0.1, -0.05) is 56.3 Å². The first-order chi connectivity index (χ1) is 9.19. The Labute approximate surface area is 114 Å². The number of rotatable bonds is 5. The van der Waals surface area contributed by atoms with Gasteiger partial charge in [-0.3, -0.25) is 11.3 Å². The predicted octanol–water partition coefficient (Wildman–Crippen LogP) is 3.02.